The Balaban J connectivity index is 5.75. The third-order valence-corrected chi connectivity index (χ3v) is 6.26. The lowest BCUT2D eigenvalue weighted by molar-refractivity contribution is -0.123. The summed E-state index contributed by atoms with van der Waals surface area (Å²) in [6, 6.07) is 0. The summed E-state index contributed by atoms with van der Waals surface area (Å²) in [5, 5.41) is 0. The first-order valence-corrected chi connectivity index (χ1v) is 12.0. The minimum absolute atomic E-state index is 0.0872. The van der Waals surface area contributed by atoms with Gasteiger partial charge in [0.05, 0.1) is 0 Å². The second-order valence-electron chi connectivity index (χ2n) is 8.38. The highest BCUT2D eigenvalue weighted by molar-refractivity contribution is 7.28. The Bertz CT molecular complexity index is 394. The van der Waals surface area contributed by atoms with Crippen LogP contribution in [0.2, 0.25) is 0 Å². The second-order valence-corrected chi connectivity index (χ2v) is 8.38. The third kappa shape index (κ3) is 8.61. The van der Waals surface area contributed by atoms with Crippen LogP contribution in [0.1, 0.15) is 119 Å². The fourth-order valence-electron chi connectivity index (χ4n) is 4.12. The molecule has 0 N–H and O–H groups in total. The van der Waals surface area contributed by atoms with Crippen molar-refractivity contribution in [2.45, 2.75) is 119 Å². The van der Waals surface area contributed by atoms with Gasteiger partial charge >= 0.3 is 6.71 Å². The molecular formula is C24H45BO3. The van der Waals surface area contributed by atoms with Crippen molar-refractivity contribution in [1.82, 2.24) is 0 Å². The van der Waals surface area contributed by atoms with E-state index in [0.29, 0.717) is 19.3 Å². The van der Waals surface area contributed by atoms with Gasteiger partial charge in [-0.15, -0.1) is 0 Å². The molecule has 4 heteroatoms. The van der Waals surface area contributed by atoms with Gasteiger partial charge in [0.15, 0.2) is 0 Å². The molecule has 3 unspecified atom stereocenters. The van der Waals surface area contributed by atoms with Gasteiger partial charge in [-0.25, -0.2) is 0 Å². The average Bonchev–Trinajstić information content (AvgIpc) is 2.70. The topological polar surface area (TPSA) is 51.2 Å². The molecule has 0 aliphatic carbocycles. The first-order valence-electron chi connectivity index (χ1n) is 12.0. The van der Waals surface area contributed by atoms with Gasteiger partial charge in [-0.2, -0.15) is 0 Å². The van der Waals surface area contributed by atoms with Crippen molar-refractivity contribution in [2.24, 2.45) is 17.8 Å². The summed E-state index contributed by atoms with van der Waals surface area (Å²) in [6.45, 7) is 11.3. The van der Waals surface area contributed by atoms with Crippen molar-refractivity contribution in [3.63, 3.8) is 0 Å². The van der Waals surface area contributed by atoms with Crippen LogP contribution in [0, 0.1) is 17.8 Å². The van der Waals surface area contributed by atoms with Crippen LogP contribution in [-0.4, -0.2) is 23.8 Å². The van der Waals surface area contributed by atoms with Crippen LogP contribution < -0.4 is 0 Å². The third-order valence-electron chi connectivity index (χ3n) is 6.26. The van der Waals surface area contributed by atoms with Gasteiger partial charge in [0.25, 0.3) is 0 Å². The Kier molecular flexibility index (Phi) is 15.4. The maximum atomic E-state index is 13.4. The van der Waals surface area contributed by atoms with Gasteiger partial charge in [-0.1, -0.05) is 80.1 Å². The predicted molar refractivity (Wildman–Crippen MR) is 121 cm³/mol. The molecule has 0 aromatic carbocycles. The van der Waals surface area contributed by atoms with E-state index < -0.39 is 6.71 Å². The van der Waals surface area contributed by atoms with Crippen LogP contribution in [0.25, 0.3) is 0 Å². The summed E-state index contributed by atoms with van der Waals surface area (Å²) in [4.78, 5) is 40.2. The molecule has 162 valence electrons. The van der Waals surface area contributed by atoms with E-state index in [9.17, 15) is 14.4 Å². The van der Waals surface area contributed by atoms with E-state index in [-0.39, 0.29) is 34.8 Å². The van der Waals surface area contributed by atoms with Crippen molar-refractivity contribution < 1.29 is 14.4 Å². The first-order chi connectivity index (χ1) is 13.4. The Morgan fingerprint density at radius 3 is 0.964 bits per heavy atom. The number of rotatable bonds is 18. The summed E-state index contributed by atoms with van der Waals surface area (Å²) in [6.07, 6.45) is 10.5. The van der Waals surface area contributed by atoms with Crippen molar-refractivity contribution in [3.8, 4) is 0 Å². The Morgan fingerprint density at radius 1 is 0.536 bits per heavy atom. The molecule has 0 bridgehead atoms. The van der Waals surface area contributed by atoms with E-state index in [1.807, 2.05) is 20.8 Å². The molecular weight excluding hydrogens is 347 g/mol. The highest BCUT2D eigenvalue weighted by Crippen LogP contribution is 2.24. The van der Waals surface area contributed by atoms with Crippen LogP contribution in [-0.2, 0) is 14.4 Å². The molecule has 3 atom stereocenters. The molecule has 0 fully saturated rings. The predicted octanol–water partition coefficient (Wildman–Crippen LogP) is 6.46. The molecule has 0 spiro atoms. The van der Waals surface area contributed by atoms with E-state index in [1.165, 1.54) is 0 Å². The maximum Gasteiger partial charge on any atom is 0.377 e. The van der Waals surface area contributed by atoms with Gasteiger partial charge in [-0.05, 0) is 38.5 Å². The zero-order valence-corrected chi connectivity index (χ0v) is 19.5. The molecule has 0 saturated heterocycles. The lowest BCUT2D eigenvalue weighted by Gasteiger charge is -2.24. The minimum atomic E-state index is -1.02. The molecule has 28 heavy (non-hydrogen) atoms. The fourth-order valence-corrected chi connectivity index (χ4v) is 4.12. The number of hydrogen-bond donors (Lipinski definition) is 0. The lowest BCUT2D eigenvalue weighted by Crippen LogP contribution is -2.51. The highest BCUT2D eigenvalue weighted by atomic mass is 16.2. The smallest absolute Gasteiger partial charge is 0.309 e. The van der Waals surface area contributed by atoms with Crippen LogP contribution in [0.5, 0.6) is 0 Å². The second kappa shape index (κ2) is 15.9. The molecule has 3 nitrogen and oxygen atoms in total. The molecule has 0 aromatic heterocycles. The van der Waals surface area contributed by atoms with Gasteiger partial charge < -0.3 is 14.4 Å². The molecule has 0 amide bonds. The number of carbonyl (C=O) groups is 3. The van der Waals surface area contributed by atoms with E-state index in [0.717, 1.165) is 57.8 Å². The van der Waals surface area contributed by atoms with Crippen molar-refractivity contribution >= 4 is 23.8 Å². The monoisotopic (exact) mass is 392 g/mol. The first kappa shape index (κ1) is 27.1. The van der Waals surface area contributed by atoms with E-state index in [1.54, 1.807) is 0 Å². The quantitative estimate of drug-likeness (QED) is 0.252. The minimum Gasteiger partial charge on any atom is -0.309 e. The zero-order valence-electron chi connectivity index (χ0n) is 19.5. The molecule has 0 aliphatic rings. The average molecular weight is 392 g/mol. The zero-order chi connectivity index (χ0) is 21.5. The molecule has 0 saturated carbocycles. The van der Waals surface area contributed by atoms with E-state index in [4.69, 9.17) is 0 Å². The van der Waals surface area contributed by atoms with Gasteiger partial charge in [0, 0.05) is 17.8 Å². The molecule has 0 radical (unpaired) electrons. The van der Waals surface area contributed by atoms with Crippen LogP contribution in [0.3, 0.4) is 0 Å². The van der Waals surface area contributed by atoms with Crippen LogP contribution in [0.15, 0.2) is 0 Å². The standard InChI is InChI=1S/C24H45BO3/c1-7-13-16-19(10-4)22(26)25(23(27)20(11-5)17-14-8-2)24(28)21(12-6)18-15-9-3/h19-21H,7-18H2,1-6H3. The van der Waals surface area contributed by atoms with Crippen molar-refractivity contribution in [2.75, 3.05) is 0 Å². The summed E-state index contributed by atoms with van der Waals surface area (Å²) >= 11 is 0. The number of carbonyl (C=O) groups excluding carboxylic acids is 3. The SMILES string of the molecule is CCCCC(CC)C(=O)B(C(=O)C(CC)CCCC)C(=O)C(CC)CCCC. The van der Waals surface area contributed by atoms with Crippen LogP contribution in [0.4, 0.5) is 0 Å². The van der Waals surface area contributed by atoms with Crippen molar-refractivity contribution in [1.29, 1.82) is 0 Å². The molecule has 0 aliphatic heterocycles. The van der Waals surface area contributed by atoms with Crippen molar-refractivity contribution in [3.05, 3.63) is 0 Å². The number of hydrogen-bond acceptors (Lipinski definition) is 3. The van der Waals surface area contributed by atoms with Crippen LogP contribution >= 0.6 is 0 Å². The molecule has 0 heterocycles. The van der Waals surface area contributed by atoms with Gasteiger partial charge in [0.1, 0.15) is 17.0 Å². The Morgan fingerprint density at radius 2 is 0.786 bits per heavy atom. The molecule has 0 rings (SSSR count). The number of unbranched alkanes of at least 4 members (excludes halogenated alkanes) is 3. The fraction of sp³-hybridized carbons (Fsp3) is 0.875. The summed E-state index contributed by atoms with van der Waals surface area (Å²) in [7, 11) is 0. The van der Waals surface area contributed by atoms with E-state index >= 15 is 0 Å². The lowest BCUT2D eigenvalue weighted by atomic mass is 9.34. The Labute approximate surface area is 174 Å². The Hall–Kier alpha value is -0.925. The summed E-state index contributed by atoms with van der Waals surface area (Å²) in [5.41, 5.74) is -0.262. The summed E-state index contributed by atoms with van der Waals surface area (Å²) in [5.74, 6) is -0.486. The maximum absolute atomic E-state index is 13.4. The summed E-state index contributed by atoms with van der Waals surface area (Å²) < 4.78 is 0. The van der Waals surface area contributed by atoms with Gasteiger partial charge in [0.2, 0.25) is 0 Å². The normalized spacial score (nSPS) is 14.4. The highest BCUT2D eigenvalue weighted by Gasteiger charge is 2.45. The molecule has 0 aromatic rings. The largest absolute Gasteiger partial charge is 0.377 e. The van der Waals surface area contributed by atoms with E-state index in [2.05, 4.69) is 20.8 Å². The van der Waals surface area contributed by atoms with Gasteiger partial charge in [-0.3, -0.25) is 0 Å².